The zero-order valence-corrected chi connectivity index (χ0v) is 12.3. The molecule has 0 spiro atoms. The molecule has 0 saturated carbocycles. The molecule has 4 N–H and O–H groups in total. The van der Waals surface area contributed by atoms with E-state index in [2.05, 4.69) is 5.10 Å². The Labute approximate surface area is 134 Å². The van der Waals surface area contributed by atoms with Crippen molar-refractivity contribution in [1.29, 1.82) is 0 Å². The van der Waals surface area contributed by atoms with Crippen molar-refractivity contribution in [3.8, 4) is 11.1 Å². The topological polar surface area (TPSA) is 86.9 Å². The smallest absolute Gasteiger partial charge is 0.382 e. The highest BCUT2D eigenvalue weighted by Gasteiger charge is 2.33. The SMILES string of the molecule is NC(=O)Cn1nc(N)c2ccc(-c3ccccc3C(F)(F)F)cc21. The highest BCUT2D eigenvalue weighted by Crippen LogP contribution is 2.38. The summed E-state index contributed by atoms with van der Waals surface area (Å²) in [5, 5.41) is 4.55. The average molecular weight is 334 g/mol. The summed E-state index contributed by atoms with van der Waals surface area (Å²) in [6, 6.07) is 9.92. The Balaban J connectivity index is 2.21. The summed E-state index contributed by atoms with van der Waals surface area (Å²) in [5.41, 5.74) is 11.0. The van der Waals surface area contributed by atoms with Crippen LogP contribution in [0.15, 0.2) is 42.5 Å². The molecule has 24 heavy (non-hydrogen) atoms. The number of amides is 1. The van der Waals surface area contributed by atoms with Crippen molar-refractivity contribution in [2.45, 2.75) is 12.7 Å². The Morgan fingerprint density at radius 1 is 1.17 bits per heavy atom. The molecule has 0 unspecified atom stereocenters. The highest BCUT2D eigenvalue weighted by molar-refractivity contribution is 5.93. The fourth-order valence-electron chi connectivity index (χ4n) is 2.62. The Hall–Kier alpha value is -3.03. The van der Waals surface area contributed by atoms with Crippen molar-refractivity contribution in [3.05, 3.63) is 48.0 Å². The van der Waals surface area contributed by atoms with E-state index >= 15 is 0 Å². The van der Waals surface area contributed by atoms with Gasteiger partial charge in [0.15, 0.2) is 5.82 Å². The number of carbonyl (C=O) groups is 1. The number of nitrogens with zero attached hydrogens (tertiary/aromatic N) is 2. The van der Waals surface area contributed by atoms with Gasteiger partial charge in [0.2, 0.25) is 5.91 Å². The van der Waals surface area contributed by atoms with Crippen molar-refractivity contribution in [2.24, 2.45) is 5.73 Å². The van der Waals surface area contributed by atoms with Gasteiger partial charge >= 0.3 is 6.18 Å². The molecule has 3 aromatic rings. The van der Waals surface area contributed by atoms with E-state index in [1.165, 1.54) is 28.9 Å². The first kappa shape index (κ1) is 15.9. The van der Waals surface area contributed by atoms with Crippen molar-refractivity contribution in [2.75, 3.05) is 5.73 Å². The number of halogens is 3. The first-order valence-electron chi connectivity index (χ1n) is 6.98. The van der Waals surface area contributed by atoms with Crippen LogP contribution < -0.4 is 11.5 Å². The number of nitrogens with two attached hydrogens (primary N) is 2. The molecule has 124 valence electrons. The number of anilines is 1. The fourth-order valence-corrected chi connectivity index (χ4v) is 2.62. The number of benzene rings is 2. The van der Waals surface area contributed by atoms with E-state index in [1.54, 1.807) is 12.1 Å². The fraction of sp³-hybridized carbons (Fsp3) is 0.125. The molecule has 2 aromatic carbocycles. The van der Waals surface area contributed by atoms with E-state index in [-0.39, 0.29) is 17.9 Å². The number of hydrogen-bond acceptors (Lipinski definition) is 3. The number of hydrogen-bond donors (Lipinski definition) is 2. The van der Waals surface area contributed by atoms with Crippen LogP contribution in [0.3, 0.4) is 0 Å². The van der Waals surface area contributed by atoms with Gasteiger partial charge in [0, 0.05) is 5.39 Å². The Morgan fingerprint density at radius 2 is 1.88 bits per heavy atom. The zero-order valence-electron chi connectivity index (χ0n) is 12.3. The number of aromatic nitrogens is 2. The van der Waals surface area contributed by atoms with Crippen molar-refractivity contribution in [3.63, 3.8) is 0 Å². The number of nitrogen functional groups attached to an aromatic ring is 1. The monoisotopic (exact) mass is 334 g/mol. The van der Waals surface area contributed by atoms with Crippen LogP contribution in [0.5, 0.6) is 0 Å². The third-order valence-corrected chi connectivity index (χ3v) is 3.63. The van der Waals surface area contributed by atoms with Gasteiger partial charge in [0.1, 0.15) is 6.54 Å². The van der Waals surface area contributed by atoms with Crippen LogP contribution in [-0.4, -0.2) is 15.7 Å². The number of carbonyl (C=O) groups excluding carboxylic acids is 1. The first-order chi connectivity index (χ1) is 11.3. The number of primary amides is 1. The lowest BCUT2D eigenvalue weighted by molar-refractivity contribution is -0.137. The van der Waals surface area contributed by atoms with Crippen LogP contribution in [0.25, 0.3) is 22.0 Å². The molecule has 0 bridgehead atoms. The maximum Gasteiger partial charge on any atom is 0.417 e. The Morgan fingerprint density at radius 3 is 2.54 bits per heavy atom. The summed E-state index contributed by atoms with van der Waals surface area (Å²) in [4.78, 5) is 11.1. The molecule has 1 amide bonds. The quantitative estimate of drug-likeness (QED) is 0.772. The minimum Gasteiger partial charge on any atom is -0.382 e. The summed E-state index contributed by atoms with van der Waals surface area (Å²) in [7, 11) is 0. The molecule has 0 radical (unpaired) electrons. The summed E-state index contributed by atoms with van der Waals surface area (Å²) in [6.45, 7) is -0.210. The van der Waals surface area contributed by atoms with E-state index in [1.807, 2.05) is 0 Å². The molecule has 0 aliphatic carbocycles. The van der Waals surface area contributed by atoms with Crippen LogP contribution in [0.1, 0.15) is 5.56 Å². The van der Waals surface area contributed by atoms with Crippen LogP contribution in [0, 0.1) is 0 Å². The lowest BCUT2D eigenvalue weighted by Crippen LogP contribution is -2.19. The Kier molecular flexibility index (Phi) is 3.67. The van der Waals surface area contributed by atoms with Gasteiger partial charge in [-0.25, -0.2) is 0 Å². The van der Waals surface area contributed by atoms with Crippen LogP contribution in [0.2, 0.25) is 0 Å². The molecule has 0 aliphatic rings. The van der Waals surface area contributed by atoms with Gasteiger partial charge in [-0.1, -0.05) is 24.3 Å². The second-order valence-electron chi connectivity index (χ2n) is 5.28. The van der Waals surface area contributed by atoms with E-state index in [0.717, 1.165) is 6.07 Å². The molecule has 0 fully saturated rings. The summed E-state index contributed by atoms with van der Waals surface area (Å²) in [6.07, 6.45) is -4.47. The van der Waals surface area contributed by atoms with Crippen molar-refractivity contribution >= 4 is 22.6 Å². The standard InChI is InChI=1S/C16H13F3N4O/c17-16(18,19)12-4-2-1-3-10(12)9-5-6-11-13(7-9)23(8-14(20)24)22-15(11)21/h1-7H,8H2,(H2,20,24)(H2,21,22). The van der Waals surface area contributed by atoms with Gasteiger partial charge in [-0.15, -0.1) is 0 Å². The molecule has 0 aliphatic heterocycles. The molecular formula is C16H13F3N4O. The van der Waals surface area contributed by atoms with Gasteiger partial charge in [-0.05, 0) is 29.3 Å². The van der Waals surface area contributed by atoms with Gasteiger partial charge < -0.3 is 11.5 Å². The maximum absolute atomic E-state index is 13.2. The summed E-state index contributed by atoms with van der Waals surface area (Å²) in [5.74, 6) is -0.442. The molecule has 5 nitrogen and oxygen atoms in total. The van der Waals surface area contributed by atoms with Crippen LogP contribution >= 0.6 is 0 Å². The second kappa shape index (κ2) is 5.55. The summed E-state index contributed by atoms with van der Waals surface area (Å²) < 4.78 is 40.9. The van der Waals surface area contributed by atoms with Gasteiger partial charge in [0.05, 0.1) is 11.1 Å². The van der Waals surface area contributed by atoms with Crippen LogP contribution in [0.4, 0.5) is 19.0 Å². The first-order valence-corrected chi connectivity index (χ1v) is 6.98. The molecule has 3 rings (SSSR count). The molecule has 0 atom stereocenters. The second-order valence-corrected chi connectivity index (χ2v) is 5.28. The number of fused-ring (bicyclic) bond motifs is 1. The lowest BCUT2D eigenvalue weighted by atomic mass is 9.98. The third-order valence-electron chi connectivity index (χ3n) is 3.63. The molecule has 0 saturated heterocycles. The van der Waals surface area contributed by atoms with E-state index in [4.69, 9.17) is 11.5 Å². The van der Waals surface area contributed by atoms with E-state index in [0.29, 0.717) is 16.5 Å². The largest absolute Gasteiger partial charge is 0.417 e. The molecule has 1 heterocycles. The van der Waals surface area contributed by atoms with Crippen molar-refractivity contribution in [1.82, 2.24) is 9.78 Å². The highest BCUT2D eigenvalue weighted by atomic mass is 19.4. The normalized spacial score (nSPS) is 11.8. The predicted octanol–water partition coefficient (Wildman–Crippen LogP) is 2.79. The number of rotatable bonds is 3. The molecule has 1 aromatic heterocycles. The van der Waals surface area contributed by atoms with E-state index in [9.17, 15) is 18.0 Å². The third kappa shape index (κ3) is 2.78. The predicted molar refractivity (Wildman–Crippen MR) is 83.8 cm³/mol. The van der Waals surface area contributed by atoms with Gasteiger partial charge in [-0.3, -0.25) is 9.48 Å². The number of alkyl halides is 3. The van der Waals surface area contributed by atoms with Gasteiger partial charge in [-0.2, -0.15) is 18.3 Å². The maximum atomic E-state index is 13.2. The van der Waals surface area contributed by atoms with Gasteiger partial charge in [0.25, 0.3) is 0 Å². The lowest BCUT2D eigenvalue weighted by Gasteiger charge is -2.13. The average Bonchev–Trinajstić information content (AvgIpc) is 2.81. The molecule has 8 heteroatoms. The minimum absolute atomic E-state index is 0.0392. The van der Waals surface area contributed by atoms with E-state index < -0.39 is 17.6 Å². The molecular weight excluding hydrogens is 321 g/mol. The summed E-state index contributed by atoms with van der Waals surface area (Å²) >= 11 is 0. The van der Waals surface area contributed by atoms with Crippen molar-refractivity contribution < 1.29 is 18.0 Å². The Bertz CT molecular complexity index is 931. The minimum atomic E-state index is -4.47. The van der Waals surface area contributed by atoms with Crippen LogP contribution in [-0.2, 0) is 17.5 Å². The zero-order chi connectivity index (χ0) is 17.5.